The molecule has 0 heterocycles. The van der Waals surface area contributed by atoms with Gasteiger partial charge in [0, 0.05) is 4.47 Å². The molecule has 2 aromatic carbocycles. The van der Waals surface area contributed by atoms with Crippen LogP contribution in [0.25, 0.3) is 0 Å². The molecule has 2 rings (SSSR count). The van der Waals surface area contributed by atoms with E-state index >= 15 is 0 Å². The van der Waals surface area contributed by atoms with E-state index in [-0.39, 0.29) is 6.42 Å². The second-order valence-corrected chi connectivity index (χ2v) is 5.67. The second-order valence-electron chi connectivity index (χ2n) is 4.75. The number of rotatable bonds is 5. The lowest BCUT2D eigenvalue weighted by Crippen LogP contribution is -2.40. The highest BCUT2D eigenvalue weighted by Crippen LogP contribution is 2.29. The first-order chi connectivity index (χ1) is 10.1. The fourth-order valence-electron chi connectivity index (χ4n) is 2.34. The Morgan fingerprint density at radius 3 is 2.48 bits per heavy atom. The molecular formula is C17H15BrO3. The maximum absolute atomic E-state index is 12.3. The number of hydrogen-bond acceptors (Lipinski definition) is 3. The molecular weight excluding hydrogens is 332 g/mol. The predicted octanol–water partition coefficient (Wildman–Crippen LogP) is 3.30. The zero-order chi connectivity index (χ0) is 15.3. The smallest absolute Gasteiger partial charge is 0.323 e. The van der Waals surface area contributed by atoms with E-state index in [1.165, 1.54) is 7.11 Å². The molecule has 2 aromatic rings. The fraction of sp³-hybridized carbons (Fsp3) is 0.176. The van der Waals surface area contributed by atoms with E-state index in [4.69, 9.17) is 4.74 Å². The average molecular weight is 347 g/mol. The van der Waals surface area contributed by atoms with E-state index in [0.717, 1.165) is 10.0 Å². The Morgan fingerprint density at radius 2 is 1.90 bits per heavy atom. The van der Waals surface area contributed by atoms with Crippen LogP contribution in [0.1, 0.15) is 11.1 Å². The number of aldehydes is 1. The summed E-state index contributed by atoms with van der Waals surface area (Å²) in [5.74, 6) is -0.552. The van der Waals surface area contributed by atoms with Crippen LogP contribution in [0, 0.1) is 0 Å². The maximum Gasteiger partial charge on any atom is 0.323 e. The van der Waals surface area contributed by atoms with Crippen molar-refractivity contribution in [2.45, 2.75) is 11.8 Å². The number of halogens is 1. The van der Waals surface area contributed by atoms with Crippen molar-refractivity contribution in [1.82, 2.24) is 0 Å². The number of methoxy groups -OCH3 is 1. The third kappa shape index (κ3) is 3.22. The van der Waals surface area contributed by atoms with Crippen molar-refractivity contribution in [1.29, 1.82) is 0 Å². The van der Waals surface area contributed by atoms with Crippen molar-refractivity contribution in [3.63, 3.8) is 0 Å². The molecule has 0 spiro atoms. The largest absolute Gasteiger partial charge is 0.468 e. The first kappa shape index (κ1) is 15.4. The van der Waals surface area contributed by atoms with Crippen LogP contribution >= 0.6 is 15.9 Å². The minimum absolute atomic E-state index is 0.257. The first-order valence-electron chi connectivity index (χ1n) is 6.47. The molecule has 3 nitrogen and oxygen atoms in total. The Balaban J connectivity index is 2.50. The van der Waals surface area contributed by atoms with Crippen molar-refractivity contribution >= 4 is 28.2 Å². The SMILES string of the molecule is COC(=O)[C@](C=O)(Cc1cccc(Br)c1)c1ccccc1. The van der Waals surface area contributed by atoms with Crippen LogP contribution in [-0.2, 0) is 26.2 Å². The second kappa shape index (κ2) is 6.68. The van der Waals surface area contributed by atoms with Gasteiger partial charge >= 0.3 is 5.97 Å². The van der Waals surface area contributed by atoms with Gasteiger partial charge in [-0.15, -0.1) is 0 Å². The predicted molar refractivity (Wildman–Crippen MR) is 84.0 cm³/mol. The first-order valence-corrected chi connectivity index (χ1v) is 7.26. The van der Waals surface area contributed by atoms with Gasteiger partial charge in [-0.25, -0.2) is 0 Å². The minimum atomic E-state index is -1.32. The summed E-state index contributed by atoms with van der Waals surface area (Å²) in [6.07, 6.45) is 0.932. The van der Waals surface area contributed by atoms with Crippen LogP contribution < -0.4 is 0 Å². The quantitative estimate of drug-likeness (QED) is 0.474. The van der Waals surface area contributed by atoms with Crippen molar-refractivity contribution in [3.05, 3.63) is 70.2 Å². The molecule has 0 radical (unpaired) electrons. The number of esters is 1. The summed E-state index contributed by atoms with van der Waals surface area (Å²) in [5.41, 5.74) is 0.189. The zero-order valence-electron chi connectivity index (χ0n) is 11.6. The molecule has 0 unspecified atom stereocenters. The molecule has 108 valence electrons. The van der Waals surface area contributed by atoms with Crippen LogP contribution in [0.15, 0.2) is 59.1 Å². The standard InChI is InChI=1S/C17H15BrO3/c1-21-16(20)17(12-19,14-7-3-2-4-8-14)11-13-6-5-9-15(18)10-13/h2-10,12H,11H2,1H3/t17-/m0/s1. The maximum atomic E-state index is 12.3. The lowest BCUT2D eigenvalue weighted by Gasteiger charge is -2.26. The Morgan fingerprint density at radius 1 is 1.19 bits per heavy atom. The normalized spacial score (nSPS) is 13.2. The summed E-state index contributed by atoms with van der Waals surface area (Å²) in [5, 5.41) is 0. The minimum Gasteiger partial charge on any atom is -0.468 e. The van der Waals surface area contributed by atoms with Gasteiger partial charge in [0.1, 0.15) is 6.29 Å². The summed E-state index contributed by atoms with van der Waals surface area (Å²) in [4.78, 5) is 24.1. The number of carbonyl (C=O) groups excluding carboxylic acids is 2. The average Bonchev–Trinajstić information content (AvgIpc) is 2.53. The molecule has 4 heteroatoms. The van der Waals surface area contributed by atoms with Crippen LogP contribution in [0.4, 0.5) is 0 Å². The Bertz CT molecular complexity index is 639. The van der Waals surface area contributed by atoms with Gasteiger partial charge in [0.25, 0.3) is 0 Å². The molecule has 0 N–H and O–H groups in total. The number of hydrogen-bond donors (Lipinski definition) is 0. The summed E-state index contributed by atoms with van der Waals surface area (Å²) in [7, 11) is 1.30. The highest BCUT2D eigenvalue weighted by atomic mass is 79.9. The zero-order valence-corrected chi connectivity index (χ0v) is 13.2. The molecule has 21 heavy (non-hydrogen) atoms. The molecule has 0 amide bonds. The van der Waals surface area contributed by atoms with Gasteiger partial charge in [-0.1, -0.05) is 58.4 Å². The van der Waals surface area contributed by atoms with Crippen LogP contribution in [-0.4, -0.2) is 19.4 Å². The van der Waals surface area contributed by atoms with Crippen molar-refractivity contribution < 1.29 is 14.3 Å². The summed E-state index contributed by atoms with van der Waals surface area (Å²) in [6, 6.07) is 16.5. The van der Waals surface area contributed by atoms with Gasteiger partial charge in [0.15, 0.2) is 5.41 Å². The van der Waals surface area contributed by atoms with E-state index in [0.29, 0.717) is 11.8 Å². The highest BCUT2D eigenvalue weighted by molar-refractivity contribution is 9.10. The summed E-state index contributed by atoms with van der Waals surface area (Å²) >= 11 is 3.40. The molecule has 0 bridgehead atoms. The van der Waals surface area contributed by atoms with Gasteiger partial charge in [-0.05, 0) is 29.7 Å². The fourth-order valence-corrected chi connectivity index (χ4v) is 2.78. The highest BCUT2D eigenvalue weighted by Gasteiger charge is 2.41. The molecule has 0 aliphatic carbocycles. The molecule has 1 atom stereocenters. The van der Waals surface area contributed by atoms with Crippen LogP contribution in [0.2, 0.25) is 0 Å². The van der Waals surface area contributed by atoms with Crippen molar-refractivity contribution in [3.8, 4) is 0 Å². The monoisotopic (exact) mass is 346 g/mol. The van der Waals surface area contributed by atoms with E-state index in [9.17, 15) is 9.59 Å². The molecule has 0 saturated carbocycles. The van der Waals surface area contributed by atoms with Crippen LogP contribution in [0.5, 0.6) is 0 Å². The van der Waals surface area contributed by atoms with Gasteiger partial charge in [-0.2, -0.15) is 0 Å². The Hall–Kier alpha value is -1.94. The molecule has 0 fully saturated rings. The lowest BCUT2D eigenvalue weighted by atomic mass is 9.77. The third-order valence-electron chi connectivity index (χ3n) is 3.41. The number of benzene rings is 2. The molecule has 0 saturated heterocycles. The summed E-state index contributed by atoms with van der Waals surface area (Å²) in [6.45, 7) is 0. The molecule has 0 aromatic heterocycles. The van der Waals surface area contributed by atoms with E-state index in [2.05, 4.69) is 15.9 Å². The number of carbonyl (C=O) groups is 2. The Kier molecular flexibility index (Phi) is 4.91. The van der Waals surface area contributed by atoms with Crippen molar-refractivity contribution in [2.24, 2.45) is 0 Å². The van der Waals surface area contributed by atoms with E-state index in [1.54, 1.807) is 24.3 Å². The van der Waals surface area contributed by atoms with Gasteiger partial charge < -0.3 is 9.53 Å². The topological polar surface area (TPSA) is 43.4 Å². The van der Waals surface area contributed by atoms with Gasteiger partial charge in [-0.3, -0.25) is 4.79 Å². The van der Waals surface area contributed by atoms with Gasteiger partial charge in [0.05, 0.1) is 7.11 Å². The third-order valence-corrected chi connectivity index (χ3v) is 3.90. The summed E-state index contributed by atoms with van der Waals surface area (Å²) < 4.78 is 5.78. The van der Waals surface area contributed by atoms with E-state index < -0.39 is 11.4 Å². The van der Waals surface area contributed by atoms with Crippen molar-refractivity contribution in [2.75, 3.05) is 7.11 Å². The molecule has 0 aliphatic heterocycles. The van der Waals surface area contributed by atoms with Gasteiger partial charge in [0.2, 0.25) is 0 Å². The lowest BCUT2D eigenvalue weighted by molar-refractivity contribution is -0.149. The van der Waals surface area contributed by atoms with E-state index in [1.807, 2.05) is 30.3 Å². The Labute approximate surface area is 132 Å². The molecule has 0 aliphatic rings. The number of ether oxygens (including phenoxy) is 1. The van der Waals surface area contributed by atoms with Crippen LogP contribution in [0.3, 0.4) is 0 Å².